The molecule has 0 atom stereocenters. The highest BCUT2D eigenvalue weighted by Crippen LogP contribution is 2.17. The van der Waals surface area contributed by atoms with E-state index < -0.39 is 0 Å². The number of nitriles is 1. The summed E-state index contributed by atoms with van der Waals surface area (Å²) < 4.78 is 0. The summed E-state index contributed by atoms with van der Waals surface area (Å²) in [6, 6.07) is 8.97. The smallest absolute Gasteiger partial charge is 0.239 e. The second kappa shape index (κ2) is 7.51. The number of carbonyl (C=O) groups excluding carboxylic acids is 1. The number of aliphatic hydroxyl groups is 1. The molecule has 5 nitrogen and oxygen atoms in total. The third kappa shape index (κ3) is 5.72. The first-order valence-electron chi connectivity index (χ1n) is 6.58. The topological polar surface area (TPSA) is 85.2 Å². The van der Waals surface area contributed by atoms with E-state index in [-0.39, 0.29) is 24.5 Å². The van der Waals surface area contributed by atoms with E-state index in [0.29, 0.717) is 18.5 Å². The first-order chi connectivity index (χ1) is 9.46. The van der Waals surface area contributed by atoms with E-state index in [0.717, 1.165) is 5.69 Å². The van der Waals surface area contributed by atoms with E-state index in [2.05, 4.69) is 10.6 Å². The van der Waals surface area contributed by atoms with Crippen molar-refractivity contribution in [2.45, 2.75) is 20.3 Å². The molecule has 0 aliphatic rings. The van der Waals surface area contributed by atoms with Gasteiger partial charge >= 0.3 is 0 Å². The third-order valence-corrected chi connectivity index (χ3v) is 3.02. The van der Waals surface area contributed by atoms with Crippen LogP contribution in [0.25, 0.3) is 0 Å². The van der Waals surface area contributed by atoms with Gasteiger partial charge in [-0.25, -0.2) is 0 Å². The number of hydrogen-bond donors (Lipinski definition) is 3. The van der Waals surface area contributed by atoms with Gasteiger partial charge in [-0.3, -0.25) is 4.79 Å². The maximum absolute atomic E-state index is 11.7. The Hall–Kier alpha value is -2.06. The van der Waals surface area contributed by atoms with Gasteiger partial charge in [0.25, 0.3) is 0 Å². The van der Waals surface area contributed by atoms with Gasteiger partial charge in [-0.15, -0.1) is 0 Å². The second-order valence-electron chi connectivity index (χ2n) is 5.46. The van der Waals surface area contributed by atoms with Crippen LogP contribution in [0.5, 0.6) is 0 Å². The molecule has 0 aliphatic carbocycles. The number of nitrogens with zero attached hydrogens (tertiary/aromatic N) is 1. The molecule has 0 fully saturated rings. The minimum atomic E-state index is -0.112. The number of aliphatic hydroxyl groups excluding tert-OH is 1. The Labute approximate surface area is 119 Å². The minimum Gasteiger partial charge on any atom is -0.396 e. The van der Waals surface area contributed by atoms with E-state index in [1.54, 1.807) is 24.3 Å². The Morgan fingerprint density at radius 2 is 2.00 bits per heavy atom. The van der Waals surface area contributed by atoms with E-state index >= 15 is 0 Å². The number of benzene rings is 1. The van der Waals surface area contributed by atoms with Crippen molar-refractivity contribution in [3.8, 4) is 6.07 Å². The second-order valence-corrected chi connectivity index (χ2v) is 5.46. The van der Waals surface area contributed by atoms with Crippen LogP contribution in [0.15, 0.2) is 24.3 Å². The van der Waals surface area contributed by atoms with Crippen molar-refractivity contribution in [3.63, 3.8) is 0 Å². The highest BCUT2D eigenvalue weighted by atomic mass is 16.3. The molecule has 108 valence electrons. The zero-order valence-corrected chi connectivity index (χ0v) is 11.9. The Kier molecular flexibility index (Phi) is 6.01. The number of nitrogens with one attached hydrogen (secondary N) is 2. The Balaban J connectivity index is 2.34. The van der Waals surface area contributed by atoms with Crippen molar-refractivity contribution in [2.24, 2.45) is 5.41 Å². The number of carbonyl (C=O) groups is 1. The molecule has 0 spiro atoms. The summed E-state index contributed by atoms with van der Waals surface area (Å²) in [5.41, 5.74) is 1.28. The molecule has 0 saturated carbocycles. The largest absolute Gasteiger partial charge is 0.396 e. The van der Waals surface area contributed by atoms with Gasteiger partial charge < -0.3 is 15.7 Å². The van der Waals surface area contributed by atoms with Crippen molar-refractivity contribution >= 4 is 11.6 Å². The highest BCUT2D eigenvalue weighted by molar-refractivity contribution is 5.80. The zero-order valence-electron chi connectivity index (χ0n) is 11.9. The lowest BCUT2D eigenvalue weighted by molar-refractivity contribution is -0.119. The van der Waals surface area contributed by atoms with Gasteiger partial charge in [-0.1, -0.05) is 13.8 Å². The predicted octanol–water partition coefficient (Wildman–Crippen LogP) is 1.49. The summed E-state index contributed by atoms with van der Waals surface area (Å²) in [5.74, 6) is -0.0969. The van der Waals surface area contributed by atoms with Crippen LogP contribution < -0.4 is 10.6 Å². The minimum absolute atomic E-state index is 0.0969. The van der Waals surface area contributed by atoms with Crippen molar-refractivity contribution in [2.75, 3.05) is 25.0 Å². The maximum Gasteiger partial charge on any atom is 0.239 e. The van der Waals surface area contributed by atoms with Crippen molar-refractivity contribution in [1.82, 2.24) is 5.32 Å². The van der Waals surface area contributed by atoms with Gasteiger partial charge in [0.1, 0.15) is 0 Å². The van der Waals surface area contributed by atoms with Crippen LogP contribution in [0.1, 0.15) is 25.8 Å². The molecule has 0 radical (unpaired) electrons. The molecule has 1 aromatic carbocycles. The molecule has 1 rings (SSSR count). The van der Waals surface area contributed by atoms with Gasteiger partial charge in [0, 0.05) is 18.8 Å². The van der Waals surface area contributed by atoms with Crippen molar-refractivity contribution in [1.29, 1.82) is 5.26 Å². The molecule has 5 heteroatoms. The summed E-state index contributed by atoms with van der Waals surface area (Å²) in [6.45, 7) is 4.82. The predicted molar refractivity (Wildman–Crippen MR) is 78.1 cm³/mol. The lowest BCUT2D eigenvalue weighted by Crippen LogP contribution is -2.37. The van der Waals surface area contributed by atoms with E-state index in [4.69, 9.17) is 10.4 Å². The molecule has 0 saturated heterocycles. The molecular weight excluding hydrogens is 254 g/mol. The van der Waals surface area contributed by atoms with Crippen LogP contribution in [-0.2, 0) is 4.79 Å². The fraction of sp³-hybridized carbons (Fsp3) is 0.467. The SMILES string of the molecule is CC(C)(CCO)CNC(=O)CNc1ccc(C#N)cc1. The number of anilines is 1. The lowest BCUT2D eigenvalue weighted by Gasteiger charge is -2.23. The molecular formula is C15H21N3O2. The average molecular weight is 275 g/mol. The fourth-order valence-corrected chi connectivity index (χ4v) is 1.64. The van der Waals surface area contributed by atoms with E-state index in [9.17, 15) is 4.79 Å². The third-order valence-electron chi connectivity index (χ3n) is 3.02. The van der Waals surface area contributed by atoms with Crippen LogP contribution in [0, 0.1) is 16.7 Å². The maximum atomic E-state index is 11.7. The Morgan fingerprint density at radius 3 is 2.55 bits per heavy atom. The highest BCUT2D eigenvalue weighted by Gasteiger charge is 2.17. The van der Waals surface area contributed by atoms with Crippen molar-refractivity contribution in [3.05, 3.63) is 29.8 Å². The number of hydrogen-bond acceptors (Lipinski definition) is 4. The summed E-state index contributed by atoms with van der Waals surface area (Å²) in [5, 5.41) is 23.4. The first-order valence-corrected chi connectivity index (χ1v) is 6.58. The van der Waals surface area contributed by atoms with Gasteiger partial charge in [-0.2, -0.15) is 5.26 Å². The molecule has 0 bridgehead atoms. The molecule has 3 N–H and O–H groups in total. The molecule has 0 aliphatic heterocycles. The number of amides is 1. The molecule has 20 heavy (non-hydrogen) atoms. The quantitative estimate of drug-likeness (QED) is 0.704. The monoisotopic (exact) mass is 275 g/mol. The van der Waals surface area contributed by atoms with Gasteiger partial charge in [0.2, 0.25) is 5.91 Å². The first kappa shape index (κ1) is 16.0. The normalized spacial score (nSPS) is 10.7. The average Bonchev–Trinajstić information content (AvgIpc) is 2.43. The lowest BCUT2D eigenvalue weighted by atomic mass is 9.90. The van der Waals surface area contributed by atoms with Crippen LogP contribution >= 0.6 is 0 Å². The van der Waals surface area contributed by atoms with Crippen LogP contribution in [-0.4, -0.2) is 30.7 Å². The molecule has 0 aromatic heterocycles. The van der Waals surface area contributed by atoms with Crippen LogP contribution in [0.2, 0.25) is 0 Å². The summed E-state index contributed by atoms with van der Waals surface area (Å²) >= 11 is 0. The van der Waals surface area contributed by atoms with E-state index in [1.165, 1.54) is 0 Å². The molecule has 0 heterocycles. The van der Waals surface area contributed by atoms with Gasteiger partial charge in [0.05, 0.1) is 18.2 Å². The Bertz CT molecular complexity index is 475. The summed E-state index contributed by atoms with van der Waals surface area (Å²) in [4.78, 5) is 11.7. The van der Waals surface area contributed by atoms with E-state index in [1.807, 2.05) is 19.9 Å². The number of rotatable bonds is 7. The fourth-order valence-electron chi connectivity index (χ4n) is 1.64. The van der Waals surface area contributed by atoms with Crippen LogP contribution in [0.4, 0.5) is 5.69 Å². The summed E-state index contributed by atoms with van der Waals surface area (Å²) in [6.07, 6.45) is 0.649. The zero-order chi connectivity index (χ0) is 15.0. The van der Waals surface area contributed by atoms with Gasteiger partial charge in [0.15, 0.2) is 0 Å². The van der Waals surface area contributed by atoms with Crippen molar-refractivity contribution < 1.29 is 9.90 Å². The molecule has 1 aromatic rings. The summed E-state index contributed by atoms with van der Waals surface area (Å²) in [7, 11) is 0. The molecule has 0 unspecified atom stereocenters. The van der Waals surface area contributed by atoms with Gasteiger partial charge in [-0.05, 0) is 36.1 Å². The van der Waals surface area contributed by atoms with Crippen LogP contribution in [0.3, 0.4) is 0 Å². The Morgan fingerprint density at radius 1 is 1.35 bits per heavy atom. The molecule has 1 amide bonds. The standard InChI is InChI=1S/C15H21N3O2/c1-15(2,7-8-19)11-18-14(20)10-17-13-5-3-12(9-16)4-6-13/h3-6,17,19H,7-8,10-11H2,1-2H3,(H,18,20).